The molecule has 0 saturated carbocycles. The first-order chi connectivity index (χ1) is 28.2. The largest absolute Gasteiger partial charge is 0.311 e. The average molecular weight is 743 g/mol. The summed E-state index contributed by atoms with van der Waals surface area (Å²) in [7, 11) is 0. The zero-order chi connectivity index (χ0) is 37.7. The van der Waals surface area contributed by atoms with Crippen LogP contribution in [0.1, 0.15) is 0 Å². The summed E-state index contributed by atoms with van der Waals surface area (Å²) in [5.74, 6) is 0. The Balaban J connectivity index is 0.976. The highest BCUT2D eigenvalue weighted by Crippen LogP contribution is 2.40. The van der Waals surface area contributed by atoms with Gasteiger partial charge in [0.15, 0.2) is 0 Å². The highest BCUT2D eigenvalue weighted by Gasteiger charge is 2.17. The average Bonchev–Trinajstić information content (AvgIpc) is 3.83. The van der Waals surface area contributed by atoms with Gasteiger partial charge in [0.05, 0.1) is 21.4 Å². The van der Waals surface area contributed by atoms with Crippen molar-refractivity contribution in [3.05, 3.63) is 218 Å². The van der Waals surface area contributed by atoms with Gasteiger partial charge in [-0.3, -0.25) is 0 Å². The lowest BCUT2D eigenvalue weighted by atomic mass is 10.0. The second-order valence-corrected chi connectivity index (χ2v) is 15.5. The first-order valence-corrected chi connectivity index (χ1v) is 20.1. The molecule has 0 aliphatic carbocycles. The molecule has 2 nitrogen and oxygen atoms in total. The molecule has 0 bridgehead atoms. The van der Waals surface area contributed by atoms with Crippen LogP contribution < -0.4 is 4.90 Å². The van der Waals surface area contributed by atoms with Gasteiger partial charge in [-0.2, -0.15) is 0 Å². The minimum absolute atomic E-state index is 1.00. The molecule has 0 saturated heterocycles. The van der Waals surface area contributed by atoms with Gasteiger partial charge in [-0.25, -0.2) is 0 Å². The maximum atomic E-state index is 3.52. The van der Waals surface area contributed by atoms with Crippen molar-refractivity contribution in [3.8, 4) is 39.1 Å². The van der Waals surface area contributed by atoms with Crippen molar-refractivity contribution in [1.29, 1.82) is 0 Å². The molecule has 11 rings (SSSR count). The van der Waals surface area contributed by atoms with Crippen LogP contribution in [0.25, 0.3) is 81.0 Å². The topological polar surface area (TPSA) is 8.17 Å². The summed E-state index contributed by atoms with van der Waals surface area (Å²) in [5.41, 5.74) is 13.8. The molecule has 0 fully saturated rings. The Labute approximate surface area is 335 Å². The molecule has 0 atom stereocenters. The van der Waals surface area contributed by atoms with Gasteiger partial charge >= 0.3 is 0 Å². The Morgan fingerprint density at radius 3 is 1.44 bits per heavy atom. The van der Waals surface area contributed by atoms with Crippen LogP contribution in [0.4, 0.5) is 17.1 Å². The summed E-state index contributed by atoms with van der Waals surface area (Å²) in [5, 5.41) is 4.93. The number of hydrogen-bond acceptors (Lipinski definition) is 2. The molecule has 0 unspecified atom stereocenters. The van der Waals surface area contributed by atoms with E-state index >= 15 is 0 Å². The van der Waals surface area contributed by atoms with Gasteiger partial charge in [-0.15, -0.1) is 11.3 Å². The van der Waals surface area contributed by atoms with Crippen LogP contribution in [0, 0.1) is 12.1 Å². The molecule has 0 radical (unpaired) electrons. The van der Waals surface area contributed by atoms with Gasteiger partial charge < -0.3 is 9.47 Å². The number of nitrogens with zero attached hydrogens (tertiary/aromatic N) is 2. The number of rotatable bonds is 7. The second kappa shape index (κ2) is 13.7. The Hall–Kier alpha value is -7.38. The molecule has 3 heteroatoms. The van der Waals surface area contributed by atoms with Crippen LogP contribution in [0.5, 0.6) is 0 Å². The van der Waals surface area contributed by atoms with E-state index in [0.29, 0.717) is 0 Å². The van der Waals surface area contributed by atoms with Crippen LogP contribution in [-0.2, 0) is 0 Å². The Kier molecular flexibility index (Phi) is 7.95. The normalized spacial score (nSPS) is 11.4. The van der Waals surface area contributed by atoms with Gasteiger partial charge in [0.2, 0.25) is 0 Å². The van der Waals surface area contributed by atoms with E-state index in [1.807, 2.05) is 0 Å². The fourth-order valence-electron chi connectivity index (χ4n) is 8.24. The predicted molar refractivity (Wildman–Crippen MR) is 242 cm³/mol. The maximum Gasteiger partial charge on any atom is 0.0981 e. The number of anilines is 3. The molecular formula is C54H34N2S. The van der Waals surface area contributed by atoms with Crippen LogP contribution in [0.3, 0.4) is 0 Å². The first kappa shape index (κ1) is 33.0. The van der Waals surface area contributed by atoms with Crippen LogP contribution >= 0.6 is 11.3 Å². The fraction of sp³-hybridized carbons (Fsp3) is 0. The SMILES string of the molecule is c1c(-n2c3ccccc3c3cc(-c4ccc(N(c5ccc(-c6ccccc6)cc5)c5ccc(-c6ccccc6)cc5)cc4)ccc32)cc2c(c#1)sc1ccccc12. The van der Waals surface area contributed by atoms with Crippen molar-refractivity contribution >= 4 is 70.4 Å². The van der Waals surface area contributed by atoms with Crippen molar-refractivity contribution in [3.63, 3.8) is 0 Å². The van der Waals surface area contributed by atoms with Crippen molar-refractivity contribution in [2.75, 3.05) is 4.90 Å². The molecule has 0 N–H and O–H groups in total. The number of benzene rings is 8. The zero-order valence-electron chi connectivity index (χ0n) is 30.9. The molecule has 57 heavy (non-hydrogen) atoms. The van der Waals surface area contributed by atoms with Crippen LogP contribution in [0.2, 0.25) is 0 Å². The van der Waals surface area contributed by atoms with Gasteiger partial charge in [0.1, 0.15) is 0 Å². The lowest BCUT2D eigenvalue weighted by Gasteiger charge is -2.26. The van der Waals surface area contributed by atoms with E-state index in [4.69, 9.17) is 0 Å². The standard InChI is InChI=1S/C54H34N2S/c1-3-11-37(12-4-1)39-19-26-43(27-20-39)55(44-28-21-40(22-29-44)38-13-5-2-6-14-38)45-30-23-41(24-31-45)42-25-33-52-49(35-42)47-15-7-9-17-51(47)56(52)46-32-34-54-50(36-46)48-16-8-10-18-53(48)57-54/h1-31,33,35-36H. The highest BCUT2D eigenvalue weighted by atomic mass is 32.1. The third-order valence-corrected chi connectivity index (χ3v) is 12.2. The van der Waals surface area contributed by atoms with E-state index in [-0.39, 0.29) is 0 Å². The first-order valence-electron chi connectivity index (χ1n) is 19.3. The van der Waals surface area contributed by atoms with Gasteiger partial charge in [0, 0.05) is 43.3 Å². The minimum Gasteiger partial charge on any atom is -0.311 e. The number of para-hydroxylation sites is 1. The quantitative estimate of drug-likeness (QED) is 0.158. The Morgan fingerprint density at radius 1 is 0.351 bits per heavy atom. The number of hydrogen-bond donors (Lipinski definition) is 0. The van der Waals surface area contributed by atoms with Gasteiger partial charge in [0.25, 0.3) is 0 Å². The van der Waals surface area contributed by atoms with Gasteiger partial charge in [-0.05, 0) is 112 Å². The Morgan fingerprint density at radius 2 is 0.825 bits per heavy atom. The summed E-state index contributed by atoms with van der Waals surface area (Å²) in [6.45, 7) is 0. The number of fused-ring (bicyclic) bond motifs is 6. The summed E-state index contributed by atoms with van der Waals surface area (Å²) in [6, 6.07) is 81.3. The monoisotopic (exact) mass is 742 g/mol. The zero-order valence-corrected chi connectivity index (χ0v) is 31.7. The molecule has 0 aliphatic rings. The lowest BCUT2D eigenvalue weighted by molar-refractivity contribution is 1.19. The second-order valence-electron chi connectivity index (χ2n) is 14.4. The molecule has 2 heterocycles. The van der Waals surface area contributed by atoms with E-state index < -0.39 is 0 Å². The minimum atomic E-state index is 1.00. The molecule has 9 aromatic carbocycles. The van der Waals surface area contributed by atoms with Crippen molar-refractivity contribution in [2.45, 2.75) is 0 Å². The summed E-state index contributed by atoms with van der Waals surface area (Å²) in [4.78, 5) is 2.34. The van der Waals surface area contributed by atoms with Gasteiger partial charge in [-0.1, -0.05) is 140 Å². The van der Waals surface area contributed by atoms with E-state index in [1.165, 1.54) is 59.6 Å². The van der Waals surface area contributed by atoms with E-state index in [0.717, 1.165) is 38.5 Å². The predicted octanol–water partition coefficient (Wildman–Crippen LogP) is 15.2. The smallest absolute Gasteiger partial charge is 0.0981 e. The third-order valence-electron chi connectivity index (χ3n) is 11.1. The van der Waals surface area contributed by atoms with E-state index in [2.05, 4.69) is 228 Å². The molecule has 266 valence electrons. The molecular weight excluding hydrogens is 709 g/mol. The van der Waals surface area contributed by atoms with Crippen molar-refractivity contribution in [1.82, 2.24) is 4.57 Å². The lowest BCUT2D eigenvalue weighted by Crippen LogP contribution is -2.09. The van der Waals surface area contributed by atoms with Crippen LogP contribution in [-0.4, -0.2) is 4.57 Å². The summed E-state index contributed by atoms with van der Waals surface area (Å²) >= 11 is 1.77. The Bertz CT molecular complexity index is 3110. The molecule has 11 aromatic rings. The molecule has 0 amide bonds. The van der Waals surface area contributed by atoms with E-state index in [9.17, 15) is 0 Å². The highest BCUT2D eigenvalue weighted by molar-refractivity contribution is 7.25. The third kappa shape index (κ3) is 5.83. The number of aromatic nitrogens is 1. The van der Waals surface area contributed by atoms with Crippen molar-refractivity contribution in [2.24, 2.45) is 0 Å². The van der Waals surface area contributed by atoms with Crippen molar-refractivity contribution < 1.29 is 0 Å². The maximum absolute atomic E-state index is 3.52. The summed E-state index contributed by atoms with van der Waals surface area (Å²) in [6.07, 6.45) is 0. The molecule has 2 aromatic heterocycles. The van der Waals surface area contributed by atoms with Crippen LogP contribution in [0.15, 0.2) is 206 Å². The molecule has 0 aliphatic heterocycles. The fourth-order valence-corrected chi connectivity index (χ4v) is 9.28. The molecule has 0 spiro atoms. The van der Waals surface area contributed by atoms with E-state index in [1.54, 1.807) is 11.3 Å². The number of thiophene rings is 1. The summed E-state index contributed by atoms with van der Waals surface area (Å²) < 4.78 is 4.75.